The van der Waals surface area contributed by atoms with Gasteiger partial charge < -0.3 is 29.6 Å². The van der Waals surface area contributed by atoms with Crippen molar-refractivity contribution in [3.8, 4) is 5.75 Å². The van der Waals surface area contributed by atoms with Crippen LogP contribution in [0.15, 0.2) is 72.8 Å². The van der Waals surface area contributed by atoms with E-state index in [1.54, 1.807) is 69.3 Å². The van der Waals surface area contributed by atoms with Crippen molar-refractivity contribution in [3.63, 3.8) is 0 Å². The van der Waals surface area contributed by atoms with Crippen LogP contribution < -0.4 is 20.3 Å². The number of anilines is 1. The quantitative estimate of drug-likeness (QED) is 0.198. The molecule has 4 rings (SSSR count). The van der Waals surface area contributed by atoms with Gasteiger partial charge in [-0.25, -0.2) is 9.59 Å². The van der Waals surface area contributed by atoms with Gasteiger partial charge in [0, 0.05) is 0 Å². The molecule has 1 aliphatic heterocycles. The van der Waals surface area contributed by atoms with E-state index in [4.69, 9.17) is 42.1 Å². The van der Waals surface area contributed by atoms with E-state index in [0.29, 0.717) is 0 Å². The van der Waals surface area contributed by atoms with Crippen LogP contribution in [0.5, 0.6) is 5.75 Å². The number of fused-ring (bicyclic) bond motifs is 1. The molecule has 0 saturated heterocycles. The van der Waals surface area contributed by atoms with Gasteiger partial charge in [0.05, 0.1) is 27.7 Å². The van der Waals surface area contributed by atoms with Gasteiger partial charge in [0.1, 0.15) is 43.2 Å². The number of nitrogens with zero attached hydrogens (tertiary/aromatic N) is 1. The lowest BCUT2D eigenvalue weighted by Gasteiger charge is -2.26. The van der Waals surface area contributed by atoms with Crippen LogP contribution >= 0.6 is 23.2 Å². The Hall–Kier alpha value is -5.14. The van der Waals surface area contributed by atoms with E-state index in [-0.39, 0.29) is 40.3 Å². The molecule has 2 N–H and O–H groups in total. The number of alkyl carbamates (subject to hydrolysis) is 1. The number of nitrogens with one attached hydrogen (secondary N) is 2. The van der Waals surface area contributed by atoms with Gasteiger partial charge in [-0.15, -0.1) is 0 Å². The van der Waals surface area contributed by atoms with Crippen LogP contribution in [0.25, 0.3) is 0 Å². The third-order valence-corrected chi connectivity index (χ3v) is 7.59. The summed E-state index contributed by atoms with van der Waals surface area (Å²) >= 11 is 12.1. The van der Waals surface area contributed by atoms with Crippen LogP contribution in [0.3, 0.4) is 0 Å². The number of ether oxygens (including phenoxy) is 4. The zero-order valence-electron chi connectivity index (χ0n) is 27.4. The van der Waals surface area contributed by atoms with Crippen LogP contribution in [0.1, 0.15) is 43.1 Å². The molecule has 0 saturated carbocycles. The summed E-state index contributed by atoms with van der Waals surface area (Å²) in [5.74, 6) is -3.98. The van der Waals surface area contributed by atoms with Crippen molar-refractivity contribution in [1.29, 1.82) is 0 Å². The van der Waals surface area contributed by atoms with Crippen molar-refractivity contribution in [2.45, 2.75) is 51.5 Å². The Bertz CT molecular complexity index is 1730. The first-order chi connectivity index (χ1) is 23.7. The molecule has 0 fully saturated rings. The molecular formula is C35H35Cl2N3O10. The molecule has 0 radical (unpaired) electrons. The van der Waals surface area contributed by atoms with E-state index in [9.17, 15) is 28.8 Å². The molecule has 1 aliphatic rings. The number of amides is 3. The smallest absolute Gasteiger partial charge is 0.408 e. The van der Waals surface area contributed by atoms with Gasteiger partial charge in [0.15, 0.2) is 12.4 Å². The highest BCUT2D eigenvalue weighted by Gasteiger charge is 2.35. The predicted molar refractivity (Wildman–Crippen MR) is 182 cm³/mol. The van der Waals surface area contributed by atoms with Crippen LogP contribution in [0.2, 0.25) is 10.0 Å². The molecule has 0 spiro atoms. The molecule has 15 heteroatoms. The van der Waals surface area contributed by atoms with Gasteiger partial charge >= 0.3 is 18.0 Å². The third kappa shape index (κ3) is 10.7. The first kappa shape index (κ1) is 37.7. The summed E-state index contributed by atoms with van der Waals surface area (Å²) in [5, 5.41) is 4.93. The average molecular weight is 729 g/mol. The fraction of sp³-hybridized carbons (Fsp3) is 0.314. The summed E-state index contributed by atoms with van der Waals surface area (Å²) in [7, 11) is 0. The number of ketones is 1. The Labute approximate surface area is 298 Å². The first-order valence-electron chi connectivity index (χ1n) is 15.4. The van der Waals surface area contributed by atoms with Crippen LogP contribution in [0, 0.1) is 0 Å². The largest absolute Gasteiger partial charge is 0.489 e. The second-order valence-electron chi connectivity index (χ2n) is 12.0. The van der Waals surface area contributed by atoms with Gasteiger partial charge in [-0.1, -0.05) is 71.7 Å². The Morgan fingerprint density at radius 3 is 2.26 bits per heavy atom. The van der Waals surface area contributed by atoms with E-state index >= 15 is 0 Å². The maximum absolute atomic E-state index is 13.8. The highest BCUT2D eigenvalue weighted by atomic mass is 35.5. The number of carbonyl (C=O) groups excluding carboxylic acids is 6. The van der Waals surface area contributed by atoms with Gasteiger partial charge in [0.2, 0.25) is 5.91 Å². The number of Topliss-reactive ketones (excluding diaryl/α,β-unsaturated/α-hetero) is 1. The second kappa shape index (κ2) is 17.0. The summed E-state index contributed by atoms with van der Waals surface area (Å²) < 4.78 is 21.5. The van der Waals surface area contributed by atoms with E-state index in [0.717, 1.165) is 10.5 Å². The number of benzene rings is 3. The van der Waals surface area contributed by atoms with Crippen LogP contribution in [0.4, 0.5) is 10.5 Å². The van der Waals surface area contributed by atoms with Crippen LogP contribution in [-0.2, 0) is 40.0 Å². The van der Waals surface area contributed by atoms with Crippen molar-refractivity contribution in [2.24, 2.45) is 0 Å². The summed E-state index contributed by atoms with van der Waals surface area (Å²) in [6, 6.07) is 16.9. The predicted octanol–water partition coefficient (Wildman–Crippen LogP) is 4.66. The van der Waals surface area contributed by atoms with E-state index < -0.39 is 72.9 Å². The lowest BCUT2D eigenvalue weighted by atomic mass is 10.1. The van der Waals surface area contributed by atoms with E-state index in [1.165, 1.54) is 18.2 Å². The molecule has 2 atom stereocenters. The number of para-hydroxylation sites is 2. The van der Waals surface area contributed by atoms with Crippen molar-refractivity contribution < 1.29 is 47.7 Å². The fourth-order valence-corrected chi connectivity index (χ4v) is 5.26. The van der Waals surface area contributed by atoms with Crippen molar-refractivity contribution >= 4 is 64.5 Å². The highest BCUT2D eigenvalue weighted by Crippen LogP contribution is 2.31. The zero-order valence-corrected chi connectivity index (χ0v) is 28.9. The molecule has 0 unspecified atom stereocenters. The normalized spacial score (nSPS) is 14.6. The molecule has 0 bridgehead atoms. The van der Waals surface area contributed by atoms with Gasteiger partial charge in [-0.3, -0.25) is 24.1 Å². The molecular weight excluding hydrogens is 693 g/mol. The number of halogens is 2. The minimum Gasteiger partial charge on any atom is -0.489 e. The molecule has 1 heterocycles. The highest BCUT2D eigenvalue weighted by molar-refractivity contribution is 6.39. The molecule has 3 aromatic rings. The number of hydrogen-bond acceptors (Lipinski definition) is 10. The second-order valence-corrected chi connectivity index (χ2v) is 12.8. The summed E-state index contributed by atoms with van der Waals surface area (Å²) in [4.78, 5) is 79.7. The minimum atomic E-state index is -1.53. The SMILES string of the molecule is CC(C)(C)OC(=O)C[C@H](NC(=O)CN1C(=O)[C@@H](NC(=O)OCc2ccccc2)COc2ccccc21)C(=O)COC(=O)c1c(Cl)cccc1Cl. The molecule has 3 amide bonds. The van der Waals surface area contributed by atoms with Crippen molar-refractivity contribution in [3.05, 3.63) is 94.0 Å². The Balaban J connectivity index is 1.48. The van der Waals surface area contributed by atoms with Gasteiger partial charge in [-0.2, -0.15) is 0 Å². The average Bonchev–Trinajstić information content (AvgIpc) is 3.18. The Kier molecular flexibility index (Phi) is 12.8. The number of hydrogen-bond donors (Lipinski definition) is 2. The monoisotopic (exact) mass is 727 g/mol. The van der Waals surface area contributed by atoms with E-state index in [1.807, 2.05) is 6.07 Å². The van der Waals surface area contributed by atoms with Crippen molar-refractivity contribution in [1.82, 2.24) is 10.6 Å². The molecule has 3 aromatic carbocycles. The lowest BCUT2D eigenvalue weighted by molar-refractivity contribution is -0.156. The molecule has 0 aromatic heterocycles. The maximum atomic E-state index is 13.8. The van der Waals surface area contributed by atoms with Gasteiger partial charge in [-0.05, 0) is 50.6 Å². The number of esters is 2. The summed E-state index contributed by atoms with van der Waals surface area (Å²) in [6.07, 6.45) is -1.50. The van der Waals surface area contributed by atoms with Gasteiger partial charge in [0.25, 0.3) is 5.91 Å². The molecule has 13 nitrogen and oxygen atoms in total. The van der Waals surface area contributed by atoms with Crippen LogP contribution in [-0.4, -0.2) is 73.1 Å². The number of rotatable bonds is 12. The fourth-order valence-electron chi connectivity index (χ4n) is 4.71. The molecule has 50 heavy (non-hydrogen) atoms. The minimum absolute atomic E-state index is 0.00261. The standard InChI is InChI=1S/C35H35Cl2N3O10/c1-35(2,3)50-30(43)16-24(27(41)20-48-33(45)31-22(36)12-9-13-23(31)37)38-29(42)17-40-26-14-7-8-15-28(26)47-19-25(32(40)44)39-34(46)49-18-21-10-5-4-6-11-21/h4-15,24-25H,16-20H2,1-3H3,(H,38,42)(H,39,46)/t24-,25-/m0/s1. The lowest BCUT2D eigenvalue weighted by Crippen LogP contribution is -2.54. The first-order valence-corrected chi connectivity index (χ1v) is 16.1. The number of carbonyl (C=O) groups is 6. The van der Waals surface area contributed by atoms with Crippen molar-refractivity contribution in [2.75, 3.05) is 24.7 Å². The summed E-state index contributed by atoms with van der Waals surface area (Å²) in [5.41, 5.74) is -0.122. The molecule has 264 valence electrons. The Morgan fingerprint density at radius 2 is 1.58 bits per heavy atom. The zero-order chi connectivity index (χ0) is 36.4. The summed E-state index contributed by atoms with van der Waals surface area (Å²) in [6.45, 7) is 3.06. The Morgan fingerprint density at radius 1 is 0.920 bits per heavy atom. The maximum Gasteiger partial charge on any atom is 0.408 e. The third-order valence-electron chi connectivity index (χ3n) is 6.96. The molecule has 0 aliphatic carbocycles. The van der Waals surface area contributed by atoms with E-state index in [2.05, 4.69) is 10.6 Å². The topological polar surface area (TPSA) is 167 Å².